The first kappa shape index (κ1) is 17.7. The lowest BCUT2D eigenvalue weighted by Gasteiger charge is -2.28. The monoisotopic (exact) mass is 358 g/mol. The van der Waals surface area contributed by atoms with Gasteiger partial charge in [0.2, 0.25) is 5.91 Å². The molecule has 3 nitrogen and oxygen atoms in total. The highest BCUT2D eigenvalue weighted by Gasteiger charge is 2.23. The highest BCUT2D eigenvalue weighted by molar-refractivity contribution is 5.90. The van der Waals surface area contributed by atoms with E-state index in [2.05, 4.69) is 58.7 Å². The van der Waals surface area contributed by atoms with Crippen molar-refractivity contribution < 1.29 is 4.79 Å². The fraction of sp³-hybridized carbons (Fsp3) is 0.292. The molecule has 0 bridgehead atoms. The molecule has 0 unspecified atom stereocenters. The number of rotatable bonds is 6. The number of carbonyl (C=O) groups is 1. The van der Waals surface area contributed by atoms with Crippen LogP contribution in [-0.2, 0) is 11.2 Å². The Balaban J connectivity index is 1.45. The number of amides is 1. The molecule has 1 heterocycles. The number of fused-ring (bicyclic) bond motifs is 1. The van der Waals surface area contributed by atoms with E-state index in [9.17, 15) is 4.79 Å². The SMILES string of the molecule is O=C(Cc1cccc2ccccc12)NC[C@H](c1ccccc1)N1CCCC1. The van der Waals surface area contributed by atoms with E-state index < -0.39 is 0 Å². The number of hydrogen-bond donors (Lipinski definition) is 1. The van der Waals surface area contributed by atoms with Gasteiger partial charge in [-0.2, -0.15) is 0 Å². The Morgan fingerprint density at radius 3 is 2.41 bits per heavy atom. The zero-order chi connectivity index (χ0) is 18.5. The summed E-state index contributed by atoms with van der Waals surface area (Å²) in [7, 11) is 0. The van der Waals surface area contributed by atoms with Crippen molar-refractivity contribution in [2.24, 2.45) is 0 Å². The number of hydrogen-bond acceptors (Lipinski definition) is 2. The zero-order valence-electron chi connectivity index (χ0n) is 15.6. The third-order valence-corrected chi connectivity index (χ3v) is 5.49. The molecule has 1 amide bonds. The molecule has 0 radical (unpaired) electrons. The number of carbonyl (C=O) groups excluding carboxylic acids is 1. The Bertz CT molecular complexity index is 895. The molecule has 138 valence electrons. The van der Waals surface area contributed by atoms with Crippen LogP contribution < -0.4 is 5.32 Å². The summed E-state index contributed by atoms with van der Waals surface area (Å²) in [5.74, 6) is 0.0893. The summed E-state index contributed by atoms with van der Waals surface area (Å²) < 4.78 is 0. The van der Waals surface area contributed by atoms with Crippen LogP contribution in [0.15, 0.2) is 72.8 Å². The Morgan fingerprint density at radius 2 is 1.59 bits per heavy atom. The first-order valence-corrected chi connectivity index (χ1v) is 9.83. The second-order valence-corrected chi connectivity index (χ2v) is 7.29. The molecule has 1 aliphatic rings. The summed E-state index contributed by atoms with van der Waals surface area (Å²) in [6.45, 7) is 2.88. The summed E-state index contributed by atoms with van der Waals surface area (Å²) >= 11 is 0. The summed E-state index contributed by atoms with van der Waals surface area (Å²) in [5.41, 5.74) is 2.37. The summed E-state index contributed by atoms with van der Waals surface area (Å²) in [4.78, 5) is 15.2. The molecular weight excluding hydrogens is 332 g/mol. The van der Waals surface area contributed by atoms with E-state index in [0.29, 0.717) is 13.0 Å². The number of benzene rings is 3. The van der Waals surface area contributed by atoms with Crippen molar-refractivity contribution in [3.05, 3.63) is 83.9 Å². The van der Waals surface area contributed by atoms with Gasteiger partial charge >= 0.3 is 0 Å². The second kappa shape index (κ2) is 8.36. The molecule has 3 aromatic rings. The molecular formula is C24H26N2O. The van der Waals surface area contributed by atoms with Crippen LogP contribution >= 0.6 is 0 Å². The Hall–Kier alpha value is -2.65. The average molecular weight is 358 g/mol. The molecule has 1 atom stereocenters. The minimum Gasteiger partial charge on any atom is -0.354 e. The van der Waals surface area contributed by atoms with E-state index in [1.165, 1.54) is 23.8 Å². The zero-order valence-corrected chi connectivity index (χ0v) is 15.6. The van der Waals surface area contributed by atoms with Crippen LogP contribution in [0.4, 0.5) is 0 Å². The molecule has 1 N–H and O–H groups in total. The maximum Gasteiger partial charge on any atom is 0.224 e. The van der Waals surface area contributed by atoms with Gasteiger partial charge in [-0.3, -0.25) is 9.69 Å². The smallest absolute Gasteiger partial charge is 0.224 e. The highest BCUT2D eigenvalue weighted by Crippen LogP contribution is 2.24. The lowest BCUT2D eigenvalue weighted by atomic mass is 10.0. The van der Waals surface area contributed by atoms with E-state index in [-0.39, 0.29) is 11.9 Å². The van der Waals surface area contributed by atoms with Crippen LogP contribution in [0, 0.1) is 0 Å². The molecule has 1 aliphatic heterocycles. The number of nitrogens with zero attached hydrogens (tertiary/aromatic N) is 1. The predicted molar refractivity (Wildman–Crippen MR) is 111 cm³/mol. The number of nitrogens with one attached hydrogen (secondary N) is 1. The maximum absolute atomic E-state index is 12.7. The van der Waals surface area contributed by atoms with E-state index in [1.807, 2.05) is 24.3 Å². The van der Waals surface area contributed by atoms with Gasteiger partial charge in [0.1, 0.15) is 0 Å². The van der Waals surface area contributed by atoms with Crippen molar-refractivity contribution in [3.63, 3.8) is 0 Å². The fourth-order valence-electron chi connectivity index (χ4n) is 4.08. The summed E-state index contributed by atoms with van der Waals surface area (Å²) in [6.07, 6.45) is 2.91. The minimum atomic E-state index is 0.0893. The lowest BCUT2D eigenvalue weighted by molar-refractivity contribution is -0.120. The van der Waals surface area contributed by atoms with Gasteiger partial charge in [0, 0.05) is 6.54 Å². The molecule has 0 spiro atoms. The van der Waals surface area contributed by atoms with Crippen LogP contribution in [0.3, 0.4) is 0 Å². The Kier molecular flexibility index (Phi) is 5.50. The van der Waals surface area contributed by atoms with Crippen LogP contribution in [0.2, 0.25) is 0 Å². The van der Waals surface area contributed by atoms with Crippen LogP contribution in [0.25, 0.3) is 10.8 Å². The van der Waals surface area contributed by atoms with Gasteiger partial charge < -0.3 is 5.32 Å². The molecule has 1 saturated heterocycles. The van der Waals surface area contributed by atoms with Gasteiger partial charge in [0.15, 0.2) is 0 Å². The first-order chi connectivity index (χ1) is 13.3. The summed E-state index contributed by atoms with van der Waals surface area (Å²) in [5, 5.41) is 5.53. The normalized spacial score (nSPS) is 15.7. The standard InChI is InChI=1S/C24H26N2O/c27-24(17-21-13-8-12-19-9-4-5-14-22(19)21)25-18-23(26-15-6-7-16-26)20-10-2-1-3-11-20/h1-5,8-14,23H,6-7,15-18H2,(H,25,27)/t23-/m1/s1. The van der Waals surface area contributed by atoms with Crippen LogP contribution in [-0.4, -0.2) is 30.4 Å². The molecule has 0 aliphatic carbocycles. The van der Waals surface area contributed by atoms with Gasteiger partial charge in [-0.15, -0.1) is 0 Å². The molecule has 3 aromatic carbocycles. The maximum atomic E-state index is 12.7. The van der Waals surface area contributed by atoms with Crippen molar-refractivity contribution in [3.8, 4) is 0 Å². The van der Waals surface area contributed by atoms with Gasteiger partial charge in [-0.25, -0.2) is 0 Å². The molecule has 0 saturated carbocycles. The molecule has 27 heavy (non-hydrogen) atoms. The Labute approximate surface area is 161 Å². The van der Waals surface area contributed by atoms with Crippen LogP contribution in [0.1, 0.15) is 30.0 Å². The van der Waals surface area contributed by atoms with Crippen molar-refractivity contribution in [2.75, 3.05) is 19.6 Å². The van der Waals surface area contributed by atoms with Gasteiger partial charge in [-0.1, -0.05) is 72.8 Å². The van der Waals surface area contributed by atoms with E-state index >= 15 is 0 Å². The minimum absolute atomic E-state index is 0.0893. The van der Waals surface area contributed by atoms with Gasteiger partial charge in [-0.05, 0) is 47.8 Å². The van der Waals surface area contributed by atoms with Crippen molar-refractivity contribution >= 4 is 16.7 Å². The Morgan fingerprint density at radius 1 is 0.889 bits per heavy atom. The molecule has 4 rings (SSSR count). The third-order valence-electron chi connectivity index (χ3n) is 5.49. The lowest BCUT2D eigenvalue weighted by Crippen LogP contribution is -2.37. The topological polar surface area (TPSA) is 32.3 Å². The van der Waals surface area contributed by atoms with E-state index in [0.717, 1.165) is 24.0 Å². The number of likely N-dealkylation sites (tertiary alicyclic amines) is 1. The van der Waals surface area contributed by atoms with Gasteiger partial charge in [0.25, 0.3) is 0 Å². The van der Waals surface area contributed by atoms with E-state index in [4.69, 9.17) is 0 Å². The van der Waals surface area contributed by atoms with Gasteiger partial charge in [0.05, 0.1) is 12.5 Å². The molecule has 0 aromatic heterocycles. The second-order valence-electron chi connectivity index (χ2n) is 7.29. The van der Waals surface area contributed by atoms with E-state index in [1.54, 1.807) is 0 Å². The van der Waals surface area contributed by atoms with Crippen LogP contribution in [0.5, 0.6) is 0 Å². The first-order valence-electron chi connectivity index (χ1n) is 9.83. The van der Waals surface area contributed by atoms with Crippen molar-refractivity contribution in [1.29, 1.82) is 0 Å². The van der Waals surface area contributed by atoms with Crippen molar-refractivity contribution in [2.45, 2.75) is 25.3 Å². The molecule has 1 fully saturated rings. The highest BCUT2D eigenvalue weighted by atomic mass is 16.1. The largest absolute Gasteiger partial charge is 0.354 e. The molecule has 3 heteroatoms. The quantitative estimate of drug-likeness (QED) is 0.711. The predicted octanol–water partition coefficient (Wildman–Crippen LogP) is 4.34. The van der Waals surface area contributed by atoms with Crippen molar-refractivity contribution in [1.82, 2.24) is 10.2 Å². The fourth-order valence-corrected chi connectivity index (χ4v) is 4.08. The third kappa shape index (κ3) is 4.20. The average Bonchev–Trinajstić information content (AvgIpc) is 3.24. The summed E-state index contributed by atoms with van der Waals surface area (Å²) in [6, 6.07) is 25.2.